The second-order valence-corrected chi connectivity index (χ2v) is 7.91. The summed E-state index contributed by atoms with van der Waals surface area (Å²) in [4.78, 5) is 17.1. The van der Waals surface area contributed by atoms with Crippen molar-refractivity contribution in [2.24, 2.45) is 0 Å². The molecule has 164 valence electrons. The molecule has 3 aromatic carbocycles. The van der Waals surface area contributed by atoms with Crippen molar-refractivity contribution in [2.75, 3.05) is 13.2 Å². The van der Waals surface area contributed by atoms with Gasteiger partial charge in [0.05, 0.1) is 17.6 Å². The van der Waals surface area contributed by atoms with Crippen LogP contribution in [0.25, 0.3) is 11.0 Å². The second-order valence-electron chi connectivity index (χ2n) is 7.91. The highest BCUT2D eigenvalue weighted by molar-refractivity contribution is 5.94. The third-order valence-corrected chi connectivity index (χ3v) is 5.44. The van der Waals surface area contributed by atoms with Crippen LogP contribution in [0.4, 0.5) is 0 Å². The standard InChI is InChI=1S/C27H29N3O2/c1-21-10-9-13-23(20-21)32-19-8-7-18-30-25-15-6-5-14-24(25)29-26(30)16-17-28-27(31)22-11-3-2-4-12-22/h2-6,9-15,20H,7-8,16-19H2,1H3,(H,28,31). The molecule has 1 aromatic heterocycles. The molecule has 0 radical (unpaired) electrons. The monoisotopic (exact) mass is 427 g/mol. The average molecular weight is 428 g/mol. The maximum atomic E-state index is 12.3. The van der Waals surface area contributed by atoms with Crippen LogP contribution in [0.5, 0.6) is 5.75 Å². The van der Waals surface area contributed by atoms with Gasteiger partial charge in [0.25, 0.3) is 5.91 Å². The van der Waals surface area contributed by atoms with Crippen LogP contribution in [-0.4, -0.2) is 28.6 Å². The van der Waals surface area contributed by atoms with Gasteiger partial charge >= 0.3 is 0 Å². The van der Waals surface area contributed by atoms with E-state index in [1.54, 1.807) is 0 Å². The van der Waals surface area contributed by atoms with Gasteiger partial charge in [-0.05, 0) is 61.7 Å². The van der Waals surface area contributed by atoms with Gasteiger partial charge in [-0.3, -0.25) is 4.79 Å². The van der Waals surface area contributed by atoms with E-state index in [1.807, 2.05) is 60.7 Å². The fraction of sp³-hybridized carbons (Fsp3) is 0.259. The number of unbranched alkanes of at least 4 members (excludes halogenated alkanes) is 1. The predicted molar refractivity (Wildman–Crippen MR) is 128 cm³/mol. The van der Waals surface area contributed by atoms with E-state index in [4.69, 9.17) is 9.72 Å². The van der Waals surface area contributed by atoms with Crippen LogP contribution in [0.15, 0.2) is 78.9 Å². The molecule has 0 saturated carbocycles. The van der Waals surface area contributed by atoms with Gasteiger partial charge in [-0.1, -0.05) is 42.5 Å². The summed E-state index contributed by atoms with van der Waals surface area (Å²) in [6.07, 6.45) is 2.65. The minimum atomic E-state index is -0.0541. The molecule has 32 heavy (non-hydrogen) atoms. The first-order valence-corrected chi connectivity index (χ1v) is 11.2. The first kappa shape index (κ1) is 21.6. The van der Waals surface area contributed by atoms with Crippen molar-refractivity contribution < 1.29 is 9.53 Å². The number of ether oxygens (including phenoxy) is 1. The minimum absolute atomic E-state index is 0.0541. The predicted octanol–water partition coefficient (Wildman–Crippen LogP) is 5.18. The first-order chi connectivity index (χ1) is 15.7. The zero-order valence-corrected chi connectivity index (χ0v) is 18.5. The summed E-state index contributed by atoms with van der Waals surface area (Å²) >= 11 is 0. The molecule has 0 atom stereocenters. The molecule has 1 N–H and O–H groups in total. The number of benzene rings is 3. The van der Waals surface area contributed by atoms with Crippen molar-refractivity contribution in [1.29, 1.82) is 0 Å². The van der Waals surface area contributed by atoms with Crippen molar-refractivity contribution in [3.05, 3.63) is 95.8 Å². The third-order valence-electron chi connectivity index (χ3n) is 5.44. The molecule has 0 aliphatic carbocycles. The molecule has 1 amide bonds. The summed E-state index contributed by atoms with van der Waals surface area (Å²) < 4.78 is 8.16. The Balaban J connectivity index is 1.33. The molecule has 0 aliphatic heterocycles. The lowest BCUT2D eigenvalue weighted by atomic mass is 10.2. The molecule has 0 unspecified atom stereocenters. The average Bonchev–Trinajstić information content (AvgIpc) is 3.17. The summed E-state index contributed by atoms with van der Waals surface area (Å²) in [6.45, 7) is 4.19. The number of nitrogens with zero attached hydrogens (tertiary/aromatic N) is 2. The van der Waals surface area contributed by atoms with Crippen molar-refractivity contribution in [3.8, 4) is 5.75 Å². The number of fused-ring (bicyclic) bond motifs is 1. The summed E-state index contributed by atoms with van der Waals surface area (Å²) in [5, 5.41) is 3.01. The Morgan fingerprint density at radius 3 is 2.62 bits per heavy atom. The quantitative estimate of drug-likeness (QED) is 0.355. The third kappa shape index (κ3) is 5.55. The molecule has 0 aliphatic rings. The van der Waals surface area contributed by atoms with E-state index in [2.05, 4.69) is 35.0 Å². The topological polar surface area (TPSA) is 56.1 Å². The highest BCUT2D eigenvalue weighted by Gasteiger charge is 2.11. The van der Waals surface area contributed by atoms with Gasteiger partial charge in [0, 0.05) is 25.1 Å². The number of nitrogens with one attached hydrogen (secondary N) is 1. The Labute approximate surface area is 189 Å². The van der Waals surface area contributed by atoms with Crippen LogP contribution in [0, 0.1) is 6.92 Å². The van der Waals surface area contributed by atoms with E-state index in [1.165, 1.54) is 5.56 Å². The highest BCUT2D eigenvalue weighted by Crippen LogP contribution is 2.18. The minimum Gasteiger partial charge on any atom is -0.494 e. The van der Waals surface area contributed by atoms with E-state index in [0.717, 1.165) is 42.0 Å². The number of carbonyl (C=O) groups is 1. The van der Waals surface area contributed by atoms with Crippen LogP contribution < -0.4 is 10.1 Å². The number of imidazole rings is 1. The fourth-order valence-electron chi connectivity index (χ4n) is 3.81. The number of hydrogen-bond acceptors (Lipinski definition) is 3. The molecule has 0 saturated heterocycles. The summed E-state index contributed by atoms with van der Waals surface area (Å²) in [7, 11) is 0. The maximum absolute atomic E-state index is 12.3. The van der Waals surface area contributed by atoms with Crippen LogP contribution in [0.2, 0.25) is 0 Å². The number of hydrogen-bond donors (Lipinski definition) is 1. The number of rotatable bonds is 10. The van der Waals surface area contributed by atoms with Crippen LogP contribution in [0.3, 0.4) is 0 Å². The van der Waals surface area contributed by atoms with Gasteiger partial charge in [0.1, 0.15) is 11.6 Å². The van der Waals surface area contributed by atoms with E-state index >= 15 is 0 Å². The number of carbonyl (C=O) groups excluding carboxylic acids is 1. The Bertz CT molecular complexity index is 1170. The van der Waals surface area contributed by atoms with Crippen LogP contribution in [-0.2, 0) is 13.0 Å². The number of aromatic nitrogens is 2. The SMILES string of the molecule is Cc1cccc(OCCCCn2c(CCNC(=O)c3ccccc3)nc3ccccc32)c1. The van der Waals surface area contributed by atoms with Gasteiger partial charge in [-0.2, -0.15) is 0 Å². The summed E-state index contributed by atoms with van der Waals surface area (Å²) in [5.41, 5.74) is 4.01. The zero-order chi connectivity index (χ0) is 22.2. The molecular formula is C27H29N3O2. The van der Waals surface area contributed by atoms with Gasteiger partial charge in [-0.25, -0.2) is 4.98 Å². The molecule has 0 bridgehead atoms. The molecule has 5 nitrogen and oxygen atoms in total. The molecule has 0 fully saturated rings. The lowest BCUT2D eigenvalue weighted by molar-refractivity contribution is 0.0954. The van der Waals surface area contributed by atoms with Gasteiger partial charge in [-0.15, -0.1) is 0 Å². The van der Waals surface area contributed by atoms with E-state index < -0.39 is 0 Å². The van der Waals surface area contributed by atoms with Crippen molar-refractivity contribution in [2.45, 2.75) is 32.7 Å². The molecule has 4 rings (SSSR count). The van der Waals surface area contributed by atoms with Gasteiger partial charge < -0.3 is 14.6 Å². The number of amides is 1. The number of para-hydroxylation sites is 2. The Morgan fingerprint density at radius 1 is 0.969 bits per heavy atom. The zero-order valence-electron chi connectivity index (χ0n) is 18.5. The molecule has 1 heterocycles. The van der Waals surface area contributed by atoms with Crippen molar-refractivity contribution in [1.82, 2.24) is 14.9 Å². The second kappa shape index (κ2) is 10.6. The smallest absolute Gasteiger partial charge is 0.251 e. The van der Waals surface area contributed by atoms with E-state index in [-0.39, 0.29) is 5.91 Å². The lowest BCUT2D eigenvalue weighted by Crippen LogP contribution is -2.26. The normalized spacial score (nSPS) is 10.9. The lowest BCUT2D eigenvalue weighted by Gasteiger charge is -2.11. The molecule has 5 heteroatoms. The van der Waals surface area contributed by atoms with Gasteiger partial charge in [0.2, 0.25) is 0 Å². The molecular weight excluding hydrogens is 398 g/mol. The Kier molecular flexibility index (Phi) is 7.18. The van der Waals surface area contributed by atoms with Gasteiger partial charge in [0.15, 0.2) is 0 Å². The maximum Gasteiger partial charge on any atom is 0.251 e. The molecule has 4 aromatic rings. The van der Waals surface area contributed by atoms with E-state index in [0.29, 0.717) is 25.1 Å². The summed E-state index contributed by atoms with van der Waals surface area (Å²) in [6, 6.07) is 25.6. The summed E-state index contributed by atoms with van der Waals surface area (Å²) in [5.74, 6) is 1.87. The fourth-order valence-corrected chi connectivity index (χ4v) is 3.81. The van der Waals surface area contributed by atoms with Crippen LogP contribution in [0.1, 0.15) is 34.6 Å². The molecule has 0 spiro atoms. The Morgan fingerprint density at radius 2 is 1.78 bits per heavy atom. The van der Waals surface area contributed by atoms with E-state index in [9.17, 15) is 4.79 Å². The highest BCUT2D eigenvalue weighted by atomic mass is 16.5. The van der Waals surface area contributed by atoms with Crippen LogP contribution >= 0.6 is 0 Å². The largest absolute Gasteiger partial charge is 0.494 e. The number of aryl methyl sites for hydroxylation is 2. The van der Waals surface area contributed by atoms with Crippen molar-refractivity contribution >= 4 is 16.9 Å². The van der Waals surface area contributed by atoms with Crippen molar-refractivity contribution in [3.63, 3.8) is 0 Å². The Hall–Kier alpha value is -3.60. The first-order valence-electron chi connectivity index (χ1n) is 11.2.